The number of aliphatic hydroxyl groups is 1. The highest BCUT2D eigenvalue weighted by atomic mass is 16.3. The maximum atomic E-state index is 10.6. The Bertz CT molecular complexity index is 164. The molecule has 3 N–H and O–H groups in total. The predicted molar refractivity (Wildman–Crippen MR) is 45.4 cm³/mol. The van der Waals surface area contributed by atoms with Gasteiger partial charge in [-0.2, -0.15) is 0 Å². The van der Waals surface area contributed by atoms with Crippen LogP contribution in [-0.2, 0) is 4.79 Å². The second-order valence-electron chi connectivity index (χ2n) is 3.49. The van der Waals surface area contributed by atoms with Gasteiger partial charge in [0.05, 0.1) is 0 Å². The van der Waals surface area contributed by atoms with E-state index < -0.39 is 12.0 Å². The van der Waals surface area contributed by atoms with E-state index in [1.165, 1.54) is 0 Å². The summed E-state index contributed by atoms with van der Waals surface area (Å²) in [5.74, 6) is -0.525. The lowest BCUT2D eigenvalue weighted by Crippen LogP contribution is -2.41. The number of piperidine rings is 1. The molecular weight excluding hydrogens is 156 g/mol. The molecule has 1 aliphatic rings. The van der Waals surface area contributed by atoms with Gasteiger partial charge in [0.2, 0.25) is 5.91 Å². The van der Waals surface area contributed by atoms with Crippen LogP contribution in [0.5, 0.6) is 0 Å². The largest absolute Gasteiger partial charge is 0.383 e. The van der Waals surface area contributed by atoms with Crippen molar-refractivity contribution in [2.45, 2.75) is 18.9 Å². The molecule has 0 bridgehead atoms. The smallest absolute Gasteiger partial charge is 0.246 e. The Balaban J connectivity index is 2.39. The molecule has 0 aromatic rings. The van der Waals surface area contributed by atoms with E-state index in [0.717, 1.165) is 25.9 Å². The Morgan fingerprint density at radius 3 is 2.50 bits per heavy atom. The van der Waals surface area contributed by atoms with E-state index >= 15 is 0 Å². The van der Waals surface area contributed by atoms with Crippen molar-refractivity contribution in [2.75, 3.05) is 20.1 Å². The average Bonchev–Trinajstić information content (AvgIpc) is 2.04. The second-order valence-corrected chi connectivity index (χ2v) is 3.49. The topological polar surface area (TPSA) is 66.6 Å². The molecule has 1 saturated heterocycles. The van der Waals surface area contributed by atoms with Crippen molar-refractivity contribution in [3.8, 4) is 0 Å². The zero-order chi connectivity index (χ0) is 9.14. The summed E-state index contributed by atoms with van der Waals surface area (Å²) >= 11 is 0. The first-order valence-corrected chi connectivity index (χ1v) is 4.27. The van der Waals surface area contributed by atoms with Crippen LogP contribution in [0.2, 0.25) is 0 Å². The van der Waals surface area contributed by atoms with Crippen LogP contribution in [-0.4, -0.2) is 42.2 Å². The standard InChI is InChI=1S/C8H16N2O2/c1-10-4-2-6(3-5-10)7(11)8(9)12/h6-7,11H,2-5H2,1H3,(H2,9,12). The normalized spacial score (nSPS) is 23.8. The number of amides is 1. The van der Waals surface area contributed by atoms with Crippen molar-refractivity contribution in [1.82, 2.24) is 4.90 Å². The van der Waals surface area contributed by atoms with Crippen LogP contribution in [0.15, 0.2) is 0 Å². The van der Waals surface area contributed by atoms with E-state index in [9.17, 15) is 9.90 Å². The molecule has 0 aromatic heterocycles. The second kappa shape index (κ2) is 3.87. The third kappa shape index (κ3) is 2.19. The van der Waals surface area contributed by atoms with Crippen molar-refractivity contribution >= 4 is 5.91 Å². The number of carbonyl (C=O) groups excluding carboxylic acids is 1. The molecule has 1 fully saturated rings. The van der Waals surface area contributed by atoms with Gasteiger partial charge in [0, 0.05) is 0 Å². The average molecular weight is 172 g/mol. The van der Waals surface area contributed by atoms with Crippen LogP contribution >= 0.6 is 0 Å². The lowest BCUT2D eigenvalue weighted by molar-refractivity contribution is -0.129. The molecule has 1 aliphatic heterocycles. The van der Waals surface area contributed by atoms with E-state index in [2.05, 4.69) is 4.90 Å². The Morgan fingerprint density at radius 1 is 1.58 bits per heavy atom. The number of carbonyl (C=O) groups is 1. The molecule has 0 saturated carbocycles. The van der Waals surface area contributed by atoms with Crippen molar-refractivity contribution in [3.05, 3.63) is 0 Å². The minimum Gasteiger partial charge on any atom is -0.383 e. The van der Waals surface area contributed by atoms with Crippen molar-refractivity contribution in [3.63, 3.8) is 0 Å². The lowest BCUT2D eigenvalue weighted by atomic mass is 9.91. The first-order chi connectivity index (χ1) is 5.61. The summed E-state index contributed by atoms with van der Waals surface area (Å²) in [6.45, 7) is 1.88. The number of nitrogens with two attached hydrogens (primary N) is 1. The molecule has 4 heteroatoms. The lowest BCUT2D eigenvalue weighted by Gasteiger charge is -2.30. The number of hydrogen-bond donors (Lipinski definition) is 2. The summed E-state index contributed by atoms with van der Waals surface area (Å²) in [4.78, 5) is 12.8. The SMILES string of the molecule is CN1CCC(C(O)C(N)=O)CC1. The van der Waals surface area contributed by atoms with Crippen LogP contribution in [0.25, 0.3) is 0 Å². The minimum atomic E-state index is -0.946. The molecule has 0 radical (unpaired) electrons. The molecule has 12 heavy (non-hydrogen) atoms. The summed E-state index contributed by atoms with van der Waals surface area (Å²) < 4.78 is 0. The summed E-state index contributed by atoms with van der Waals surface area (Å²) in [6.07, 6.45) is 0.778. The van der Waals surface area contributed by atoms with Crippen LogP contribution in [0, 0.1) is 5.92 Å². The molecule has 1 atom stereocenters. The molecule has 1 heterocycles. The maximum absolute atomic E-state index is 10.6. The molecule has 0 aromatic carbocycles. The first-order valence-electron chi connectivity index (χ1n) is 4.27. The number of aliphatic hydroxyl groups excluding tert-OH is 1. The van der Waals surface area contributed by atoms with Gasteiger partial charge in [0.25, 0.3) is 0 Å². The Hall–Kier alpha value is -0.610. The fourth-order valence-corrected chi connectivity index (χ4v) is 1.58. The third-order valence-electron chi connectivity index (χ3n) is 2.50. The third-order valence-corrected chi connectivity index (χ3v) is 2.50. The van der Waals surface area contributed by atoms with Gasteiger partial charge < -0.3 is 15.7 Å². The molecule has 1 rings (SSSR count). The molecule has 1 amide bonds. The zero-order valence-electron chi connectivity index (χ0n) is 7.36. The van der Waals surface area contributed by atoms with Crippen LogP contribution in [0.3, 0.4) is 0 Å². The highest BCUT2D eigenvalue weighted by Crippen LogP contribution is 2.19. The fraction of sp³-hybridized carbons (Fsp3) is 0.875. The molecule has 0 aliphatic carbocycles. The van der Waals surface area contributed by atoms with Gasteiger partial charge in [-0.3, -0.25) is 4.79 Å². The number of likely N-dealkylation sites (tertiary alicyclic amines) is 1. The van der Waals surface area contributed by atoms with E-state index in [-0.39, 0.29) is 5.92 Å². The molecular formula is C8H16N2O2. The van der Waals surface area contributed by atoms with Crippen LogP contribution in [0.4, 0.5) is 0 Å². The van der Waals surface area contributed by atoms with E-state index in [0.29, 0.717) is 0 Å². The number of primary amides is 1. The molecule has 70 valence electrons. The molecule has 0 spiro atoms. The van der Waals surface area contributed by atoms with Crippen molar-refractivity contribution in [2.24, 2.45) is 11.7 Å². The van der Waals surface area contributed by atoms with Crippen LogP contribution in [0.1, 0.15) is 12.8 Å². The maximum Gasteiger partial charge on any atom is 0.246 e. The molecule has 1 unspecified atom stereocenters. The minimum absolute atomic E-state index is 0.0682. The number of hydrogen-bond acceptors (Lipinski definition) is 3. The number of rotatable bonds is 2. The van der Waals surface area contributed by atoms with Crippen LogP contribution < -0.4 is 5.73 Å². The van der Waals surface area contributed by atoms with E-state index in [4.69, 9.17) is 5.73 Å². The van der Waals surface area contributed by atoms with E-state index in [1.54, 1.807) is 0 Å². The summed E-state index contributed by atoms with van der Waals surface area (Å²) in [5, 5.41) is 9.34. The monoisotopic (exact) mass is 172 g/mol. The number of nitrogens with zero attached hydrogens (tertiary/aromatic N) is 1. The Labute approximate surface area is 72.3 Å². The first kappa shape index (κ1) is 9.48. The van der Waals surface area contributed by atoms with Gasteiger partial charge in [-0.1, -0.05) is 0 Å². The Kier molecular flexibility index (Phi) is 3.05. The van der Waals surface area contributed by atoms with Crippen molar-refractivity contribution in [1.29, 1.82) is 0 Å². The predicted octanol–water partition coefficient (Wildman–Crippen LogP) is -0.826. The van der Waals surface area contributed by atoms with Gasteiger partial charge in [0.15, 0.2) is 0 Å². The summed E-state index contributed by atoms with van der Waals surface area (Å²) in [7, 11) is 2.03. The highest BCUT2D eigenvalue weighted by Gasteiger charge is 2.26. The molecule has 4 nitrogen and oxygen atoms in total. The van der Waals surface area contributed by atoms with Gasteiger partial charge in [-0.25, -0.2) is 0 Å². The van der Waals surface area contributed by atoms with Crippen molar-refractivity contribution < 1.29 is 9.90 Å². The highest BCUT2D eigenvalue weighted by molar-refractivity contribution is 5.78. The van der Waals surface area contributed by atoms with Gasteiger partial charge in [0.1, 0.15) is 6.10 Å². The van der Waals surface area contributed by atoms with E-state index in [1.807, 2.05) is 7.05 Å². The summed E-state index contributed by atoms with van der Waals surface area (Å²) in [5.41, 5.74) is 5.00. The van der Waals surface area contributed by atoms with Gasteiger partial charge >= 0.3 is 0 Å². The fourth-order valence-electron chi connectivity index (χ4n) is 1.58. The van der Waals surface area contributed by atoms with Gasteiger partial charge in [-0.05, 0) is 38.9 Å². The Morgan fingerprint density at radius 2 is 2.08 bits per heavy atom. The quantitative estimate of drug-likeness (QED) is 0.571. The zero-order valence-corrected chi connectivity index (χ0v) is 7.36. The summed E-state index contributed by atoms with van der Waals surface area (Å²) in [6, 6.07) is 0. The van der Waals surface area contributed by atoms with Gasteiger partial charge in [-0.15, -0.1) is 0 Å².